The quantitative estimate of drug-likeness (QED) is 0.904. The minimum Gasteiger partial charge on any atom is -0.348 e. The van der Waals surface area contributed by atoms with E-state index >= 15 is 0 Å². The summed E-state index contributed by atoms with van der Waals surface area (Å²) in [5, 5.41) is 4.17. The molecule has 0 spiro atoms. The predicted octanol–water partition coefficient (Wildman–Crippen LogP) is 0.711. The van der Waals surface area contributed by atoms with Crippen LogP contribution in [0.3, 0.4) is 0 Å². The Morgan fingerprint density at radius 3 is 2.60 bits per heavy atom. The number of sulfonamides is 1. The zero-order valence-electron chi connectivity index (χ0n) is 11.2. The Morgan fingerprint density at radius 1 is 1.30 bits per heavy atom. The summed E-state index contributed by atoms with van der Waals surface area (Å²) in [6, 6.07) is 1.54. The lowest BCUT2D eigenvalue weighted by atomic mass is 9.98. The van der Waals surface area contributed by atoms with Gasteiger partial charge >= 0.3 is 0 Å². The topological polar surface area (TPSA) is 83.9 Å². The van der Waals surface area contributed by atoms with Gasteiger partial charge in [0, 0.05) is 38.4 Å². The van der Waals surface area contributed by atoms with Gasteiger partial charge in [0.2, 0.25) is 0 Å². The highest BCUT2D eigenvalue weighted by molar-refractivity contribution is 7.89. The summed E-state index contributed by atoms with van der Waals surface area (Å²) in [6.45, 7) is 1.03. The average Bonchev–Trinajstić information content (AvgIpc) is 3.10. The van der Waals surface area contributed by atoms with Crippen LogP contribution in [0, 0.1) is 0 Å². The third-order valence-electron chi connectivity index (χ3n) is 3.74. The second-order valence-electron chi connectivity index (χ2n) is 4.95. The van der Waals surface area contributed by atoms with E-state index in [4.69, 9.17) is 0 Å². The van der Waals surface area contributed by atoms with E-state index in [9.17, 15) is 8.42 Å². The van der Waals surface area contributed by atoms with Crippen LogP contribution in [0.4, 0.5) is 0 Å². The smallest absolute Gasteiger partial charge is 0.260 e. The largest absolute Gasteiger partial charge is 0.348 e. The number of aromatic amines is 1. The Labute approximate surface area is 117 Å². The number of rotatable bonds is 3. The number of hydrogen-bond acceptors (Lipinski definition) is 4. The van der Waals surface area contributed by atoms with Gasteiger partial charge < -0.3 is 4.98 Å². The molecule has 2 aromatic heterocycles. The van der Waals surface area contributed by atoms with Gasteiger partial charge in [-0.05, 0) is 18.9 Å². The summed E-state index contributed by atoms with van der Waals surface area (Å²) < 4.78 is 27.9. The number of piperidine rings is 1. The summed E-state index contributed by atoms with van der Waals surface area (Å²) in [4.78, 5) is 7.36. The molecule has 108 valence electrons. The second-order valence-corrected chi connectivity index (χ2v) is 6.83. The molecule has 1 saturated heterocycles. The van der Waals surface area contributed by atoms with Crippen molar-refractivity contribution in [2.24, 2.45) is 7.05 Å². The van der Waals surface area contributed by atoms with Gasteiger partial charge in [0.05, 0.1) is 6.20 Å². The van der Waals surface area contributed by atoms with Gasteiger partial charge in [-0.2, -0.15) is 9.40 Å². The molecule has 0 bridgehead atoms. The van der Waals surface area contributed by atoms with Crippen molar-refractivity contribution in [1.29, 1.82) is 0 Å². The molecule has 8 heteroatoms. The maximum absolute atomic E-state index is 12.5. The van der Waals surface area contributed by atoms with Gasteiger partial charge in [-0.1, -0.05) is 0 Å². The molecule has 3 heterocycles. The molecule has 0 saturated carbocycles. The van der Waals surface area contributed by atoms with E-state index in [1.165, 1.54) is 21.3 Å². The highest BCUT2D eigenvalue weighted by atomic mass is 32.2. The predicted molar refractivity (Wildman–Crippen MR) is 72.5 cm³/mol. The van der Waals surface area contributed by atoms with Gasteiger partial charge in [0.15, 0.2) is 5.03 Å². The van der Waals surface area contributed by atoms with Crippen LogP contribution in [0.15, 0.2) is 29.7 Å². The zero-order chi connectivity index (χ0) is 14.2. The molecule has 1 N–H and O–H groups in total. The van der Waals surface area contributed by atoms with Crippen molar-refractivity contribution < 1.29 is 8.42 Å². The first-order valence-electron chi connectivity index (χ1n) is 6.56. The summed E-state index contributed by atoms with van der Waals surface area (Å²) in [6.07, 6.45) is 6.60. The Kier molecular flexibility index (Phi) is 3.35. The summed E-state index contributed by atoms with van der Waals surface area (Å²) in [5.41, 5.74) is 0. The number of imidazole rings is 1. The molecule has 20 heavy (non-hydrogen) atoms. The number of nitrogens with one attached hydrogen (secondary N) is 1. The van der Waals surface area contributed by atoms with Crippen molar-refractivity contribution in [3.05, 3.63) is 30.5 Å². The lowest BCUT2D eigenvalue weighted by Gasteiger charge is -2.30. The van der Waals surface area contributed by atoms with Crippen LogP contribution in [0.5, 0.6) is 0 Å². The molecule has 0 aromatic carbocycles. The molecule has 2 aromatic rings. The van der Waals surface area contributed by atoms with Gasteiger partial charge in [0.25, 0.3) is 10.0 Å². The van der Waals surface area contributed by atoms with E-state index in [2.05, 4.69) is 15.1 Å². The Bertz CT molecular complexity index is 669. The molecule has 1 aliphatic rings. The van der Waals surface area contributed by atoms with Crippen LogP contribution >= 0.6 is 0 Å². The van der Waals surface area contributed by atoms with Gasteiger partial charge in [-0.25, -0.2) is 13.4 Å². The van der Waals surface area contributed by atoms with Crippen LogP contribution in [0.25, 0.3) is 0 Å². The van der Waals surface area contributed by atoms with E-state index in [1.807, 2.05) is 0 Å². The normalized spacial score (nSPS) is 18.4. The average molecular weight is 295 g/mol. The standard InChI is InChI=1S/C12H17N5O2S/c1-16-11(2-5-15-16)20(18,19)17-8-3-10(4-9-17)12-13-6-7-14-12/h2,5-7,10H,3-4,8-9H2,1H3,(H,13,14). The van der Waals surface area contributed by atoms with Crippen molar-refractivity contribution in [2.45, 2.75) is 23.8 Å². The molecule has 0 unspecified atom stereocenters. The van der Waals surface area contributed by atoms with E-state index < -0.39 is 10.0 Å². The molecule has 0 radical (unpaired) electrons. The van der Waals surface area contributed by atoms with Crippen LogP contribution in [-0.4, -0.2) is 45.6 Å². The summed E-state index contributed by atoms with van der Waals surface area (Å²) in [5.74, 6) is 1.26. The highest BCUT2D eigenvalue weighted by Crippen LogP contribution is 2.28. The van der Waals surface area contributed by atoms with Crippen molar-refractivity contribution in [1.82, 2.24) is 24.1 Å². The van der Waals surface area contributed by atoms with Crippen LogP contribution < -0.4 is 0 Å². The lowest BCUT2D eigenvalue weighted by molar-refractivity contribution is 0.312. The number of hydrogen-bond donors (Lipinski definition) is 1. The van der Waals surface area contributed by atoms with Crippen LogP contribution in [0.1, 0.15) is 24.6 Å². The molecule has 0 atom stereocenters. The lowest BCUT2D eigenvalue weighted by Crippen LogP contribution is -2.38. The van der Waals surface area contributed by atoms with E-state index in [0.717, 1.165) is 18.7 Å². The molecular formula is C12H17N5O2S. The molecule has 1 fully saturated rings. The zero-order valence-corrected chi connectivity index (χ0v) is 12.0. The number of aryl methyl sites for hydroxylation is 1. The Balaban J connectivity index is 1.74. The Hall–Kier alpha value is -1.67. The SMILES string of the molecule is Cn1nccc1S(=O)(=O)N1CCC(c2ncc[nH]2)CC1. The van der Waals surface area contributed by atoms with Gasteiger partial charge in [0.1, 0.15) is 5.82 Å². The fourth-order valence-electron chi connectivity index (χ4n) is 2.62. The molecular weight excluding hydrogens is 278 g/mol. The van der Waals surface area contributed by atoms with E-state index in [-0.39, 0.29) is 5.03 Å². The third-order valence-corrected chi connectivity index (χ3v) is 5.71. The van der Waals surface area contributed by atoms with Gasteiger partial charge in [-0.3, -0.25) is 4.68 Å². The first kappa shape index (κ1) is 13.3. The summed E-state index contributed by atoms with van der Waals surface area (Å²) >= 11 is 0. The van der Waals surface area contributed by atoms with Gasteiger partial charge in [-0.15, -0.1) is 0 Å². The van der Waals surface area contributed by atoms with Crippen LogP contribution in [0.2, 0.25) is 0 Å². The molecule has 0 aliphatic carbocycles. The van der Waals surface area contributed by atoms with Crippen molar-refractivity contribution in [2.75, 3.05) is 13.1 Å². The number of H-pyrrole nitrogens is 1. The number of aromatic nitrogens is 4. The van der Waals surface area contributed by atoms with Crippen LogP contribution in [-0.2, 0) is 17.1 Å². The van der Waals surface area contributed by atoms with Crippen molar-refractivity contribution in [3.63, 3.8) is 0 Å². The van der Waals surface area contributed by atoms with Crippen molar-refractivity contribution in [3.8, 4) is 0 Å². The minimum atomic E-state index is -3.44. The Morgan fingerprint density at radius 2 is 2.05 bits per heavy atom. The van der Waals surface area contributed by atoms with E-state index in [0.29, 0.717) is 19.0 Å². The third kappa shape index (κ3) is 2.25. The fourth-order valence-corrected chi connectivity index (χ4v) is 4.19. The number of nitrogens with zero attached hydrogens (tertiary/aromatic N) is 4. The first-order valence-corrected chi connectivity index (χ1v) is 8.00. The second kappa shape index (κ2) is 5.02. The highest BCUT2D eigenvalue weighted by Gasteiger charge is 2.32. The van der Waals surface area contributed by atoms with Crippen molar-refractivity contribution >= 4 is 10.0 Å². The molecule has 0 amide bonds. The maximum atomic E-state index is 12.5. The first-order chi connectivity index (χ1) is 9.59. The molecule has 1 aliphatic heterocycles. The maximum Gasteiger partial charge on any atom is 0.260 e. The fraction of sp³-hybridized carbons (Fsp3) is 0.500. The van der Waals surface area contributed by atoms with E-state index in [1.54, 1.807) is 19.4 Å². The molecule has 3 rings (SSSR count). The minimum absolute atomic E-state index is 0.244. The monoisotopic (exact) mass is 295 g/mol. The summed E-state index contributed by atoms with van der Waals surface area (Å²) in [7, 11) is -1.80. The molecule has 7 nitrogen and oxygen atoms in total.